The summed E-state index contributed by atoms with van der Waals surface area (Å²) in [6.07, 6.45) is 2.41. The Bertz CT molecular complexity index is 959. The minimum atomic E-state index is -3.81. The van der Waals surface area contributed by atoms with Gasteiger partial charge in [0, 0.05) is 19.6 Å². The molecule has 2 aliphatic heterocycles. The molecule has 0 saturated carbocycles. The molecule has 1 saturated heterocycles. The predicted octanol–water partition coefficient (Wildman–Crippen LogP) is 2.09. The summed E-state index contributed by atoms with van der Waals surface area (Å²) in [6.45, 7) is 4.35. The Morgan fingerprint density at radius 3 is 2.74 bits per heavy atom. The number of likely N-dealkylation sites (N-methyl/N-ethyl adjacent to an activating group) is 1. The fourth-order valence-electron chi connectivity index (χ4n) is 3.87. The van der Waals surface area contributed by atoms with Crippen molar-refractivity contribution < 1.29 is 12.8 Å². The van der Waals surface area contributed by atoms with E-state index in [0.29, 0.717) is 30.9 Å². The first kappa shape index (κ1) is 18.5. The fourth-order valence-corrected chi connectivity index (χ4v) is 5.53. The van der Waals surface area contributed by atoms with Crippen LogP contribution in [0.3, 0.4) is 0 Å². The van der Waals surface area contributed by atoms with Crippen LogP contribution in [0, 0.1) is 12.7 Å². The normalized spacial score (nSPS) is 22.0. The van der Waals surface area contributed by atoms with Gasteiger partial charge in [-0.25, -0.2) is 12.8 Å². The van der Waals surface area contributed by atoms with Crippen molar-refractivity contribution in [3.63, 3.8) is 0 Å². The van der Waals surface area contributed by atoms with E-state index in [0.717, 1.165) is 37.8 Å². The number of aryl methyl sites for hydroxylation is 1. The molecule has 1 atom stereocenters. The van der Waals surface area contributed by atoms with Crippen molar-refractivity contribution in [1.29, 1.82) is 0 Å². The molecule has 0 radical (unpaired) electrons. The molecule has 0 amide bonds. The quantitative estimate of drug-likeness (QED) is 0.799. The fraction of sp³-hybridized carbons (Fsp3) is 0.556. The van der Waals surface area contributed by atoms with Crippen LogP contribution >= 0.6 is 0 Å². The zero-order valence-corrected chi connectivity index (χ0v) is 16.4. The number of aromatic nitrogens is 3. The maximum Gasteiger partial charge on any atom is 0.243 e. The Balaban J connectivity index is 1.72. The van der Waals surface area contributed by atoms with Gasteiger partial charge < -0.3 is 4.57 Å². The lowest BCUT2D eigenvalue weighted by molar-refractivity contribution is 0.224. The van der Waals surface area contributed by atoms with Crippen molar-refractivity contribution in [3.05, 3.63) is 41.2 Å². The van der Waals surface area contributed by atoms with Crippen molar-refractivity contribution in [2.45, 2.75) is 50.2 Å². The molecule has 4 rings (SSSR count). The van der Waals surface area contributed by atoms with Crippen molar-refractivity contribution in [2.24, 2.45) is 0 Å². The molecular formula is C18H24FN5O2S. The van der Waals surface area contributed by atoms with E-state index in [-0.39, 0.29) is 10.9 Å². The maximum atomic E-state index is 14.0. The summed E-state index contributed by atoms with van der Waals surface area (Å²) < 4.78 is 44.1. The second-order valence-corrected chi connectivity index (χ2v) is 9.29. The van der Waals surface area contributed by atoms with Crippen LogP contribution in [0.5, 0.6) is 0 Å². The van der Waals surface area contributed by atoms with E-state index in [9.17, 15) is 12.8 Å². The summed E-state index contributed by atoms with van der Waals surface area (Å²) in [5.41, 5.74) is 0.430. The number of rotatable bonds is 3. The first-order chi connectivity index (χ1) is 12.9. The van der Waals surface area contributed by atoms with Crippen LogP contribution in [0.15, 0.2) is 23.1 Å². The standard InChI is InChI=1S/C18H24FN5O2S/c1-13-6-7-14(11-15(13)19)27(25,26)24-8-4-3-5-16(24)18-21-20-17-12-22(2)9-10-23(17)18/h6-7,11,16H,3-5,8-10,12H2,1-2H3/t16-/m0/s1. The molecular weight excluding hydrogens is 369 g/mol. The highest BCUT2D eigenvalue weighted by Crippen LogP contribution is 2.35. The molecule has 0 N–H and O–H groups in total. The number of nitrogens with zero attached hydrogens (tertiary/aromatic N) is 5. The highest BCUT2D eigenvalue weighted by atomic mass is 32.2. The zero-order valence-electron chi connectivity index (χ0n) is 15.6. The Kier molecular flexibility index (Phi) is 4.77. The molecule has 9 heteroatoms. The minimum absolute atomic E-state index is 0.00406. The topological polar surface area (TPSA) is 71.3 Å². The monoisotopic (exact) mass is 393 g/mol. The van der Waals surface area contributed by atoms with Crippen LogP contribution in [0.25, 0.3) is 0 Å². The van der Waals surface area contributed by atoms with E-state index in [2.05, 4.69) is 15.1 Å². The van der Waals surface area contributed by atoms with Gasteiger partial charge in [0.2, 0.25) is 10.0 Å². The summed E-state index contributed by atoms with van der Waals surface area (Å²) in [5, 5.41) is 8.64. The van der Waals surface area contributed by atoms with E-state index in [1.165, 1.54) is 16.4 Å². The second-order valence-electron chi connectivity index (χ2n) is 7.40. The van der Waals surface area contributed by atoms with Gasteiger partial charge in [-0.1, -0.05) is 12.5 Å². The molecule has 0 bridgehead atoms. The van der Waals surface area contributed by atoms with E-state index in [4.69, 9.17) is 0 Å². The molecule has 7 nitrogen and oxygen atoms in total. The summed E-state index contributed by atoms with van der Waals surface area (Å²) in [7, 11) is -1.78. The van der Waals surface area contributed by atoms with Crippen LogP contribution in [0.4, 0.5) is 4.39 Å². The summed E-state index contributed by atoms with van der Waals surface area (Å²) in [5.74, 6) is 1.06. The van der Waals surface area contributed by atoms with E-state index in [1.54, 1.807) is 6.92 Å². The molecule has 27 heavy (non-hydrogen) atoms. The van der Waals surface area contributed by atoms with Crippen LogP contribution < -0.4 is 0 Å². The molecule has 146 valence electrons. The lowest BCUT2D eigenvalue weighted by Crippen LogP contribution is -2.40. The second kappa shape index (κ2) is 6.96. The van der Waals surface area contributed by atoms with Gasteiger partial charge in [0.1, 0.15) is 11.6 Å². The number of halogens is 1. The van der Waals surface area contributed by atoms with E-state index < -0.39 is 15.8 Å². The van der Waals surface area contributed by atoms with Crippen molar-refractivity contribution in [3.8, 4) is 0 Å². The van der Waals surface area contributed by atoms with Gasteiger partial charge in [-0.05, 0) is 44.5 Å². The van der Waals surface area contributed by atoms with Gasteiger partial charge in [-0.15, -0.1) is 10.2 Å². The van der Waals surface area contributed by atoms with Crippen molar-refractivity contribution in [1.82, 2.24) is 24.0 Å². The highest BCUT2D eigenvalue weighted by molar-refractivity contribution is 7.89. The number of piperidine rings is 1. The number of sulfonamides is 1. The van der Waals surface area contributed by atoms with Crippen molar-refractivity contribution in [2.75, 3.05) is 20.1 Å². The molecule has 3 heterocycles. The molecule has 2 aliphatic rings. The van der Waals surface area contributed by atoms with E-state index >= 15 is 0 Å². The molecule has 0 spiro atoms. The van der Waals surface area contributed by atoms with Gasteiger partial charge in [0.05, 0.1) is 17.5 Å². The number of fused-ring (bicyclic) bond motifs is 1. The number of benzene rings is 1. The molecule has 1 fully saturated rings. The summed E-state index contributed by atoms with van der Waals surface area (Å²) in [6, 6.07) is 3.74. The van der Waals surface area contributed by atoms with Gasteiger partial charge in [0.25, 0.3) is 0 Å². The largest absolute Gasteiger partial charge is 0.311 e. The Hall–Kier alpha value is -1.84. The first-order valence-corrected chi connectivity index (χ1v) is 10.7. The third kappa shape index (κ3) is 3.28. The predicted molar refractivity (Wildman–Crippen MR) is 98.0 cm³/mol. The molecule has 0 aliphatic carbocycles. The van der Waals surface area contributed by atoms with Gasteiger partial charge in [0.15, 0.2) is 5.82 Å². The molecule has 2 aromatic rings. The van der Waals surface area contributed by atoms with Crippen LogP contribution in [0.1, 0.15) is 42.5 Å². The average molecular weight is 393 g/mol. The summed E-state index contributed by atoms with van der Waals surface area (Å²) >= 11 is 0. The smallest absolute Gasteiger partial charge is 0.243 e. The Morgan fingerprint density at radius 2 is 1.96 bits per heavy atom. The summed E-state index contributed by atoms with van der Waals surface area (Å²) in [4.78, 5) is 2.16. The average Bonchev–Trinajstić information content (AvgIpc) is 3.06. The van der Waals surface area contributed by atoms with Crippen molar-refractivity contribution >= 4 is 10.0 Å². The third-order valence-corrected chi connectivity index (χ3v) is 7.38. The first-order valence-electron chi connectivity index (χ1n) is 9.26. The van der Waals surface area contributed by atoms with E-state index in [1.807, 2.05) is 11.6 Å². The SMILES string of the molecule is Cc1ccc(S(=O)(=O)N2CCCC[C@H]2c2nnc3n2CCN(C)C3)cc1F. The number of hydrogen-bond acceptors (Lipinski definition) is 5. The van der Waals surface area contributed by atoms with Gasteiger partial charge in [-0.3, -0.25) is 4.90 Å². The number of hydrogen-bond donors (Lipinski definition) is 0. The van der Waals surface area contributed by atoms with Crippen LogP contribution in [-0.2, 0) is 23.1 Å². The zero-order chi connectivity index (χ0) is 19.2. The lowest BCUT2D eigenvalue weighted by Gasteiger charge is -2.35. The van der Waals surface area contributed by atoms with Crippen LogP contribution in [0.2, 0.25) is 0 Å². The van der Waals surface area contributed by atoms with Crippen LogP contribution in [-0.4, -0.2) is 52.5 Å². The minimum Gasteiger partial charge on any atom is -0.311 e. The Labute approximate surface area is 158 Å². The highest BCUT2D eigenvalue weighted by Gasteiger charge is 2.38. The third-order valence-electron chi connectivity index (χ3n) is 5.47. The van der Waals surface area contributed by atoms with Gasteiger partial charge >= 0.3 is 0 Å². The maximum absolute atomic E-state index is 14.0. The molecule has 1 aromatic heterocycles. The lowest BCUT2D eigenvalue weighted by atomic mass is 10.0. The Morgan fingerprint density at radius 1 is 1.15 bits per heavy atom. The molecule has 0 unspecified atom stereocenters. The van der Waals surface area contributed by atoms with Gasteiger partial charge in [-0.2, -0.15) is 4.31 Å². The molecule has 1 aromatic carbocycles.